The van der Waals surface area contributed by atoms with E-state index in [0.29, 0.717) is 5.56 Å². The Kier molecular flexibility index (Phi) is 9.55. The molecule has 3 atom stereocenters. The van der Waals surface area contributed by atoms with E-state index in [1.807, 2.05) is 0 Å². The van der Waals surface area contributed by atoms with Crippen molar-refractivity contribution in [1.29, 1.82) is 0 Å². The van der Waals surface area contributed by atoms with E-state index in [0.717, 1.165) is 24.9 Å². The zero-order valence-electron chi connectivity index (χ0n) is 16.9. The van der Waals surface area contributed by atoms with Crippen LogP contribution >= 0.6 is 11.8 Å². The number of rotatable bonds is 10. The maximum Gasteiger partial charge on any atom is 0.329 e. The molecule has 0 aliphatic carbocycles. The van der Waals surface area contributed by atoms with Gasteiger partial charge in [-0.05, 0) is 18.2 Å². The van der Waals surface area contributed by atoms with Crippen LogP contribution in [-0.4, -0.2) is 53.6 Å². The van der Waals surface area contributed by atoms with Crippen LogP contribution in [0.1, 0.15) is 10.4 Å². The predicted molar refractivity (Wildman–Crippen MR) is 111 cm³/mol. The van der Waals surface area contributed by atoms with Gasteiger partial charge in [0.05, 0.1) is 24.6 Å². The molecule has 2 rings (SSSR count). The Labute approximate surface area is 186 Å². The zero-order valence-corrected chi connectivity index (χ0v) is 17.7. The van der Waals surface area contributed by atoms with Crippen molar-refractivity contribution < 1.29 is 40.0 Å². The number of nitrogens with one attached hydrogen (secondary N) is 4. The van der Waals surface area contributed by atoms with E-state index < -0.39 is 34.3 Å². The van der Waals surface area contributed by atoms with Crippen LogP contribution in [0, 0.1) is 10.4 Å². The summed E-state index contributed by atoms with van der Waals surface area (Å²) in [4.78, 5) is 36.5. The first-order valence-electron chi connectivity index (χ1n) is 9.16. The molecule has 0 aliphatic heterocycles. The first kappa shape index (κ1) is 25.2. The fourth-order valence-electron chi connectivity index (χ4n) is 2.54. The van der Waals surface area contributed by atoms with Crippen molar-refractivity contribution in [2.75, 3.05) is 19.4 Å². The second kappa shape index (κ2) is 12.1. The molecule has 0 fully saturated rings. The molecular weight excluding hydrogens is 444 g/mol. The SMILES string of the molecule is COC(=O)C(CSc1ccc([NH+]([O-])O)cc1[NH+]([O-])O)NC(=O)CNC(=O)c1ccccc1. The van der Waals surface area contributed by atoms with Crippen LogP contribution in [0.2, 0.25) is 0 Å². The number of hydrogen-bond acceptors (Lipinski definition) is 9. The molecule has 6 N–H and O–H groups in total. The number of hydrogen-bond donors (Lipinski definition) is 6. The zero-order chi connectivity index (χ0) is 23.7. The fourth-order valence-corrected chi connectivity index (χ4v) is 3.57. The van der Waals surface area contributed by atoms with Gasteiger partial charge in [0, 0.05) is 17.4 Å². The number of methoxy groups -OCH3 is 1. The van der Waals surface area contributed by atoms with Gasteiger partial charge < -0.3 is 25.8 Å². The Morgan fingerprint density at radius 3 is 2.38 bits per heavy atom. The largest absolute Gasteiger partial charge is 0.595 e. The number of thioether (sulfide) groups is 1. The molecule has 0 aliphatic rings. The third-order valence-corrected chi connectivity index (χ3v) is 5.30. The first-order chi connectivity index (χ1) is 15.2. The molecule has 2 amide bonds. The monoisotopic (exact) mass is 466 g/mol. The van der Waals surface area contributed by atoms with Crippen LogP contribution in [0.15, 0.2) is 53.4 Å². The quantitative estimate of drug-likeness (QED) is 0.141. The van der Waals surface area contributed by atoms with Gasteiger partial charge in [0.2, 0.25) is 5.91 Å². The molecular formula is C19H22N4O8S. The second-order valence-electron chi connectivity index (χ2n) is 6.32. The van der Waals surface area contributed by atoms with Gasteiger partial charge in [-0.1, -0.05) is 18.2 Å². The van der Waals surface area contributed by atoms with Crippen molar-refractivity contribution in [3.63, 3.8) is 0 Å². The molecule has 0 aromatic heterocycles. The molecule has 2 aromatic rings. The van der Waals surface area contributed by atoms with Gasteiger partial charge in [-0.15, -0.1) is 11.8 Å². The van der Waals surface area contributed by atoms with Crippen molar-refractivity contribution in [1.82, 2.24) is 10.6 Å². The van der Waals surface area contributed by atoms with Crippen molar-refractivity contribution in [3.8, 4) is 0 Å². The third-order valence-electron chi connectivity index (χ3n) is 4.13. The summed E-state index contributed by atoms with van der Waals surface area (Å²) in [6.45, 7) is -0.389. The highest BCUT2D eigenvalue weighted by Crippen LogP contribution is 2.27. The summed E-state index contributed by atoms with van der Waals surface area (Å²) in [5.41, 5.74) is -0.0786. The first-order valence-corrected chi connectivity index (χ1v) is 10.2. The molecule has 3 unspecified atom stereocenters. The van der Waals surface area contributed by atoms with Gasteiger partial charge in [0.15, 0.2) is 11.4 Å². The third kappa shape index (κ3) is 7.28. The van der Waals surface area contributed by atoms with Crippen LogP contribution in [-0.2, 0) is 14.3 Å². The van der Waals surface area contributed by atoms with Crippen LogP contribution in [0.5, 0.6) is 0 Å². The van der Waals surface area contributed by atoms with Crippen LogP contribution in [0.25, 0.3) is 0 Å². The van der Waals surface area contributed by atoms with E-state index in [4.69, 9.17) is 5.21 Å². The Balaban J connectivity index is 2.01. The maximum atomic E-state index is 12.2. The lowest BCUT2D eigenvalue weighted by Gasteiger charge is -2.20. The number of ether oxygens (including phenoxy) is 1. The van der Waals surface area contributed by atoms with Gasteiger partial charge in [0.25, 0.3) is 5.91 Å². The summed E-state index contributed by atoms with van der Waals surface area (Å²) >= 11 is 0.934. The van der Waals surface area contributed by atoms with E-state index >= 15 is 0 Å². The topological polar surface area (TPSA) is 180 Å². The number of carbonyl (C=O) groups excluding carboxylic acids is 3. The van der Waals surface area contributed by atoms with Gasteiger partial charge >= 0.3 is 5.97 Å². The Hall–Kier alpha value is -3.04. The number of carbonyl (C=O) groups is 3. The molecule has 2 aromatic carbocycles. The van der Waals surface area contributed by atoms with E-state index in [2.05, 4.69) is 15.4 Å². The molecule has 0 spiro atoms. The minimum atomic E-state index is -1.34. The second-order valence-corrected chi connectivity index (χ2v) is 7.39. The van der Waals surface area contributed by atoms with Crippen molar-refractivity contribution >= 4 is 40.9 Å². The van der Waals surface area contributed by atoms with Crippen LogP contribution in [0.4, 0.5) is 11.4 Å². The van der Waals surface area contributed by atoms with Crippen molar-refractivity contribution in [3.05, 3.63) is 64.5 Å². The smallest absolute Gasteiger partial charge is 0.329 e. The standard InChI is InChI=1S/C19H22N4O8S/c1-31-19(26)14(21-17(24)10-20-18(25)12-5-3-2-4-6-12)11-32-16-8-7-13(22(27)28)9-15(16)23(29)30/h2-9,14,22-23,27,29H,10-11H2,1H3,(H,20,25)(H,21,24). The summed E-state index contributed by atoms with van der Waals surface area (Å²) in [6.07, 6.45) is 0. The lowest BCUT2D eigenvalue weighted by molar-refractivity contribution is -0.997. The van der Waals surface area contributed by atoms with E-state index in [-0.39, 0.29) is 28.6 Å². The molecule has 172 valence electrons. The summed E-state index contributed by atoms with van der Waals surface area (Å²) in [6, 6.07) is 10.7. The Bertz CT molecular complexity index is 942. The summed E-state index contributed by atoms with van der Waals surface area (Å²) < 4.78 is 4.68. The minimum absolute atomic E-state index is 0.0856. The maximum absolute atomic E-state index is 12.2. The van der Waals surface area contributed by atoms with Gasteiger partial charge in [0.1, 0.15) is 6.04 Å². The number of benzene rings is 2. The predicted octanol–water partition coefficient (Wildman–Crippen LogP) is -1.33. The highest BCUT2D eigenvalue weighted by molar-refractivity contribution is 7.99. The molecule has 13 heteroatoms. The minimum Gasteiger partial charge on any atom is -0.595 e. The van der Waals surface area contributed by atoms with Gasteiger partial charge in [-0.2, -0.15) is 10.5 Å². The van der Waals surface area contributed by atoms with E-state index in [1.165, 1.54) is 12.1 Å². The van der Waals surface area contributed by atoms with E-state index in [1.54, 1.807) is 30.3 Å². The Morgan fingerprint density at radius 1 is 1.09 bits per heavy atom. The molecule has 0 saturated heterocycles. The lowest BCUT2D eigenvalue weighted by atomic mass is 10.2. The van der Waals surface area contributed by atoms with Crippen molar-refractivity contribution in [2.45, 2.75) is 10.9 Å². The summed E-state index contributed by atoms with van der Waals surface area (Å²) in [5, 5.41) is 43.2. The normalized spacial score (nSPS) is 13.5. The number of quaternary nitrogens is 2. The highest BCUT2D eigenvalue weighted by Gasteiger charge is 2.24. The molecule has 12 nitrogen and oxygen atoms in total. The molecule has 32 heavy (non-hydrogen) atoms. The number of amides is 2. The van der Waals surface area contributed by atoms with Crippen LogP contribution < -0.4 is 21.1 Å². The molecule has 0 bridgehead atoms. The molecule has 0 heterocycles. The van der Waals surface area contributed by atoms with Crippen molar-refractivity contribution in [2.24, 2.45) is 0 Å². The summed E-state index contributed by atoms with van der Waals surface area (Å²) in [5.74, 6) is -1.96. The molecule has 0 radical (unpaired) electrons. The average Bonchev–Trinajstić information content (AvgIpc) is 2.79. The molecule has 0 saturated carbocycles. The highest BCUT2D eigenvalue weighted by atomic mass is 32.2. The van der Waals surface area contributed by atoms with Gasteiger partial charge in [-0.3, -0.25) is 9.59 Å². The summed E-state index contributed by atoms with van der Waals surface area (Å²) in [7, 11) is 1.13. The number of esters is 1. The average molecular weight is 466 g/mol. The Morgan fingerprint density at radius 2 is 1.78 bits per heavy atom. The lowest BCUT2D eigenvalue weighted by Crippen LogP contribution is -3.01. The fraction of sp³-hybridized carbons (Fsp3) is 0.211. The van der Waals surface area contributed by atoms with Crippen LogP contribution in [0.3, 0.4) is 0 Å². The van der Waals surface area contributed by atoms with Gasteiger partial charge in [-0.25, -0.2) is 15.2 Å². The van der Waals surface area contributed by atoms with E-state index in [9.17, 15) is 30.0 Å².